The minimum Gasteiger partial charge on any atom is -0.385 e. The predicted octanol–water partition coefficient (Wildman–Crippen LogP) is 1.19. The molecule has 0 atom stereocenters. The highest BCUT2D eigenvalue weighted by Gasteiger charge is 2.14. The van der Waals surface area contributed by atoms with Gasteiger partial charge in [0.05, 0.1) is 11.4 Å². The Kier molecular flexibility index (Phi) is 7.36. The Morgan fingerprint density at radius 3 is 2.88 bits per heavy atom. The molecule has 0 spiro atoms. The van der Waals surface area contributed by atoms with Crippen molar-refractivity contribution in [2.24, 2.45) is 0 Å². The summed E-state index contributed by atoms with van der Waals surface area (Å²) in [6.07, 6.45) is 0.612. The number of hydrogen-bond donors (Lipinski definition) is 3. The summed E-state index contributed by atoms with van der Waals surface area (Å²) >= 11 is 0.999. The molecule has 0 bridgehead atoms. The van der Waals surface area contributed by atoms with Crippen molar-refractivity contribution in [1.82, 2.24) is 20.1 Å². The second kappa shape index (κ2) is 9.73. The average molecular weight is 383 g/mol. The number of methoxy groups -OCH3 is 1. The molecule has 140 valence electrons. The number of hydrogen-bond acceptors (Lipinski definition) is 6. The van der Waals surface area contributed by atoms with Crippen molar-refractivity contribution >= 4 is 29.4 Å². The van der Waals surface area contributed by atoms with Crippen molar-refractivity contribution in [2.75, 3.05) is 24.8 Å². The highest BCUT2D eigenvalue weighted by Crippen LogP contribution is 2.14. The van der Waals surface area contributed by atoms with Crippen LogP contribution in [0, 0.1) is 5.82 Å². The molecule has 2 rings (SSSR count). The molecule has 0 unspecified atom stereocenters. The number of carbonyl (C=O) groups is 2. The van der Waals surface area contributed by atoms with Crippen LogP contribution >= 0.6 is 11.8 Å². The van der Waals surface area contributed by atoms with E-state index in [9.17, 15) is 18.8 Å². The summed E-state index contributed by atoms with van der Waals surface area (Å²) < 4.78 is 19.8. The molecule has 26 heavy (non-hydrogen) atoms. The standard InChI is InChI=1S/C15H18FN5O4S/c1-25-8-4-7-21-14(24)19-20-15(21)26-9-12(22)18-13(23)17-11-6-3-2-5-10(11)16/h2-3,5-6H,4,7-9H2,1H3,(H,19,24)(H2,17,18,22,23). The van der Waals surface area contributed by atoms with Crippen molar-refractivity contribution in [3.8, 4) is 0 Å². The lowest BCUT2D eigenvalue weighted by Crippen LogP contribution is -2.35. The summed E-state index contributed by atoms with van der Waals surface area (Å²) in [5.74, 6) is -1.36. The molecule has 0 radical (unpaired) electrons. The fraction of sp³-hybridized carbons (Fsp3) is 0.333. The van der Waals surface area contributed by atoms with Crippen LogP contribution in [0.25, 0.3) is 0 Å². The number of ether oxygens (including phenoxy) is 1. The van der Waals surface area contributed by atoms with Crippen LogP contribution in [0.4, 0.5) is 14.9 Å². The van der Waals surface area contributed by atoms with Crippen LogP contribution in [-0.4, -0.2) is 46.2 Å². The van der Waals surface area contributed by atoms with Gasteiger partial charge in [0.15, 0.2) is 5.16 Å². The number of thioether (sulfide) groups is 1. The lowest BCUT2D eigenvalue weighted by Gasteiger charge is -2.07. The Hall–Kier alpha value is -2.66. The number of nitrogens with zero attached hydrogens (tertiary/aromatic N) is 2. The third kappa shape index (κ3) is 5.70. The number of carbonyl (C=O) groups excluding carboxylic acids is 2. The number of benzene rings is 1. The van der Waals surface area contributed by atoms with E-state index in [1.165, 1.54) is 22.8 Å². The molecule has 0 saturated heterocycles. The number of aromatic amines is 1. The maximum atomic E-state index is 13.4. The Morgan fingerprint density at radius 1 is 1.38 bits per heavy atom. The quantitative estimate of drug-likeness (QED) is 0.465. The first-order valence-electron chi connectivity index (χ1n) is 7.63. The molecule has 0 saturated carbocycles. The zero-order valence-corrected chi connectivity index (χ0v) is 14.8. The first kappa shape index (κ1) is 19.7. The van der Waals surface area contributed by atoms with Crippen LogP contribution in [0.1, 0.15) is 6.42 Å². The monoisotopic (exact) mass is 383 g/mol. The van der Waals surface area contributed by atoms with Crippen molar-refractivity contribution < 1.29 is 18.7 Å². The molecule has 11 heteroatoms. The molecule has 3 amide bonds. The number of anilines is 1. The molecular formula is C15H18FN5O4S. The van der Waals surface area contributed by atoms with Crippen molar-refractivity contribution in [3.63, 3.8) is 0 Å². The van der Waals surface area contributed by atoms with Gasteiger partial charge in [0, 0.05) is 20.3 Å². The number of nitrogens with one attached hydrogen (secondary N) is 3. The Balaban J connectivity index is 1.84. The van der Waals surface area contributed by atoms with E-state index in [4.69, 9.17) is 4.74 Å². The van der Waals surface area contributed by atoms with E-state index in [1.807, 2.05) is 0 Å². The van der Waals surface area contributed by atoms with Gasteiger partial charge in [-0.3, -0.25) is 14.7 Å². The topological polar surface area (TPSA) is 118 Å². The van der Waals surface area contributed by atoms with E-state index >= 15 is 0 Å². The summed E-state index contributed by atoms with van der Waals surface area (Å²) in [5.41, 5.74) is -0.425. The number of urea groups is 1. The average Bonchev–Trinajstić information content (AvgIpc) is 2.95. The first-order chi connectivity index (χ1) is 12.5. The van der Waals surface area contributed by atoms with Crippen LogP contribution in [0.2, 0.25) is 0 Å². The highest BCUT2D eigenvalue weighted by atomic mass is 32.2. The molecule has 1 aromatic heterocycles. The highest BCUT2D eigenvalue weighted by molar-refractivity contribution is 7.99. The van der Waals surface area contributed by atoms with E-state index in [0.29, 0.717) is 24.7 Å². The van der Waals surface area contributed by atoms with Crippen molar-refractivity contribution in [3.05, 3.63) is 40.6 Å². The lowest BCUT2D eigenvalue weighted by molar-refractivity contribution is -0.117. The van der Waals surface area contributed by atoms with E-state index in [2.05, 4.69) is 20.8 Å². The van der Waals surface area contributed by atoms with Gasteiger partial charge in [-0.25, -0.2) is 19.1 Å². The Morgan fingerprint density at radius 2 is 2.15 bits per heavy atom. The second-order valence-corrected chi connectivity index (χ2v) is 6.02. The summed E-state index contributed by atoms with van der Waals surface area (Å²) in [7, 11) is 1.56. The number of amides is 3. The third-order valence-electron chi connectivity index (χ3n) is 3.16. The number of para-hydroxylation sites is 1. The number of H-pyrrole nitrogens is 1. The number of halogens is 1. The summed E-state index contributed by atoms with van der Waals surface area (Å²) in [5, 5.41) is 10.8. The van der Waals surface area contributed by atoms with Gasteiger partial charge < -0.3 is 10.1 Å². The molecule has 0 fully saturated rings. The maximum absolute atomic E-state index is 13.4. The minimum absolute atomic E-state index is 0.0373. The molecule has 1 heterocycles. The molecular weight excluding hydrogens is 365 g/mol. The second-order valence-electron chi connectivity index (χ2n) is 5.08. The van der Waals surface area contributed by atoms with E-state index in [1.54, 1.807) is 13.2 Å². The largest absolute Gasteiger partial charge is 0.385 e. The molecule has 3 N–H and O–H groups in total. The van der Waals surface area contributed by atoms with E-state index in [-0.39, 0.29) is 17.1 Å². The maximum Gasteiger partial charge on any atom is 0.343 e. The summed E-state index contributed by atoms with van der Waals surface area (Å²) in [6.45, 7) is 0.874. The van der Waals surface area contributed by atoms with Crippen molar-refractivity contribution in [2.45, 2.75) is 18.1 Å². The number of imide groups is 1. The lowest BCUT2D eigenvalue weighted by atomic mass is 10.3. The van der Waals surface area contributed by atoms with Crippen LogP contribution in [0.15, 0.2) is 34.2 Å². The smallest absolute Gasteiger partial charge is 0.343 e. The van der Waals surface area contributed by atoms with Gasteiger partial charge in [-0.05, 0) is 18.6 Å². The van der Waals surface area contributed by atoms with Gasteiger partial charge >= 0.3 is 11.7 Å². The molecule has 0 aliphatic rings. The van der Waals surface area contributed by atoms with Gasteiger partial charge in [-0.15, -0.1) is 5.10 Å². The summed E-state index contributed by atoms with van der Waals surface area (Å²) in [4.78, 5) is 35.3. The third-order valence-corrected chi connectivity index (χ3v) is 4.14. The molecule has 0 aliphatic heterocycles. The van der Waals surface area contributed by atoms with E-state index < -0.39 is 17.8 Å². The van der Waals surface area contributed by atoms with Gasteiger partial charge in [0.25, 0.3) is 0 Å². The van der Waals surface area contributed by atoms with Crippen LogP contribution in [0.5, 0.6) is 0 Å². The van der Waals surface area contributed by atoms with Gasteiger partial charge in [-0.2, -0.15) is 0 Å². The molecule has 0 aliphatic carbocycles. The molecule has 9 nitrogen and oxygen atoms in total. The van der Waals surface area contributed by atoms with Crippen LogP contribution in [0.3, 0.4) is 0 Å². The molecule has 2 aromatic rings. The Bertz CT molecular complexity index is 822. The van der Waals surface area contributed by atoms with E-state index in [0.717, 1.165) is 11.8 Å². The van der Waals surface area contributed by atoms with Crippen LogP contribution < -0.4 is 16.3 Å². The van der Waals surface area contributed by atoms with Gasteiger partial charge in [0.1, 0.15) is 5.82 Å². The minimum atomic E-state index is -0.847. The van der Waals surface area contributed by atoms with Crippen LogP contribution in [-0.2, 0) is 16.1 Å². The number of aromatic nitrogens is 3. The zero-order valence-electron chi connectivity index (χ0n) is 14.0. The SMILES string of the molecule is COCCCn1c(SCC(=O)NC(=O)Nc2ccccc2F)n[nH]c1=O. The molecule has 1 aromatic carbocycles. The summed E-state index contributed by atoms with van der Waals surface area (Å²) in [6, 6.07) is 4.75. The fourth-order valence-corrected chi connectivity index (χ4v) is 2.76. The van der Waals surface area contributed by atoms with Gasteiger partial charge in [0.2, 0.25) is 5.91 Å². The van der Waals surface area contributed by atoms with Gasteiger partial charge in [-0.1, -0.05) is 23.9 Å². The normalized spacial score (nSPS) is 10.5. The first-order valence-corrected chi connectivity index (χ1v) is 8.62. The predicted molar refractivity (Wildman–Crippen MR) is 93.6 cm³/mol. The fourth-order valence-electron chi connectivity index (χ4n) is 1.99. The zero-order chi connectivity index (χ0) is 18.9. The Labute approximate surface area is 152 Å². The van der Waals surface area contributed by atoms with Crippen molar-refractivity contribution in [1.29, 1.82) is 0 Å². The number of rotatable bonds is 8.